The zero-order chi connectivity index (χ0) is 27.0. The van der Waals surface area contributed by atoms with E-state index in [0.717, 1.165) is 28.9 Å². The maximum Gasteiger partial charge on any atom is 0.416 e. The molecule has 38 heavy (non-hydrogen) atoms. The van der Waals surface area contributed by atoms with E-state index >= 15 is 0 Å². The lowest BCUT2D eigenvalue weighted by molar-refractivity contribution is -0.137. The van der Waals surface area contributed by atoms with Crippen LogP contribution in [0.3, 0.4) is 0 Å². The summed E-state index contributed by atoms with van der Waals surface area (Å²) in [5.74, 6) is 0.403. The van der Waals surface area contributed by atoms with Gasteiger partial charge in [0.15, 0.2) is 5.82 Å². The Morgan fingerprint density at radius 2 is 1.87 bits per heavy atom. The highest BCUT2D eigenvalue weighted by molar-refractivity contribution is 6.08. The first kappa shape index (κ1) is 25.4. The largest absolute Gasteiger partial charge is 0.416 e. The highest BCUT2D eigenvalue weighted by atomic mass is 19.4. The average molecular weight is 521 g/mol. The van der Waals surface area contributed by atoms with E-state index in [1.807, 2.05) is 39.0 Å². The number of rotatable bonds is 3. The number of urea groups is 1. The predicted molar refractivity (Wildman–Crippen MR) is 142 cm³/mol. The van der Waals surface area contributed by atoms with Crippen LogP contribution in [0.4, 0.5) is 35.2 Å². The molecule has 0 bridgehead atoms. The summed E-state index contributed by atoms with van der Waals surface area (Å²) < 4.78 is 40.1. The Hall–Kier alpha value is -4.21. The van der Waals surface area contributed by atoms with E-state index in [4.69, 9.17) is 4.98 Å². The van der Waals surface area contributed by atoms with Crippen molar-refractivity contribution in [3.63, 3.8) is 0 Å². The zero-order valence-corrected chi connectivity index (χ0v) is 21.3. The Balaban J connectivity index is 1.58. The molecule has 5 rings (SSSR count). The molecule has 3 heterocycles. The van der Waals surface area contributed by atoms with Crippen molar-refractivity contribution in [1.29, 1.82) is 0 Å². The SMILES string of the molecule is CCN1CC[C@@H](C)N(C(=O)Nc2cccc3nnc(C)cc23)c2nc(-c3cccc(C(F)(F)F)c3)ccc21. The van der Waals surface area contributed by atoms with Gasteiger partial charge in [-0.05, 0) is 69.7 Å². The average Bonchev–Trinajstić information content (AvgIpc) is 3.03. The summed E-state index contributed by atoms with van der Waals surface area (Å²) in [4.78, 5) is 22.3. The molecule has 0 fully saturated rings. The number of halogens is 3. The number of nitrogens with zero attached hydrogens (tertiary/aromatic N) is 5. The van der Waals surface area contributed by atoms with Gasteiger partial charge in [0.05, 0.1) is 33.8 Å². The van der Waals surface area contributed by atoms with Crippen molar-refractivity contribution in [2.45, 2.75) is 39.4 Å². The maximum absolute atomic E-state index is 13.8. The number of benzene rings is 2. The monoisotopic (exact) mass is 520 g/mol. The second-order valence-electron chi connectivity index (χ2n) is 9.36. The number of anilines is 3. The molecular weight excluding hydrogens is 493 g/mol. The molecule has 7 nitrogen and oxygen atoms in total. The van der Waals surface area contributed by atoms with Crippen molar-refractivity contribution in [2.24, 2.45) is 0 Å². The van der Waals surface area contributed by atoms with E-state index in [1.165, 1.54) is 6.07 Å². The summed E-state index contributed by atoms with van der Waals surface area (Å²) in [7, 11) is 0. The lowest BCUT2D eigenvalue weighted by Crippen LogP contribution is -2.42. The van der Waals surface area contributed by atoms with Crippen LogP contribution in [-0.2, 0) is 6.18 Å². The third-order valence-electron chi connectivity index (χ3n) is 6.76. The molecule has 1 atom stereocenters. The Morgan fingerprint density at radius 3 is 2.63 bits per heavy atom. The topological polar surface area (TPSA) is 74.2 Å². The summed E-state index contributed by atoms with van der Waals surface area (Å²) in [6.07, 6.45) is -3.78. The molecule has 1 N–H and O–H groups in total. The van der Waals surface area contributed by atoms with Crippen LogP contribution in [0.2, 0.25) is 0 Å². The van der Waals surface area contributed by atoms with Gasteiger partial charge >= 0.3 is 12.2 Å². The lowest BCUT2D eigenvalue weighted by atomic mass is 10.1. The Morgan fingerprint density at radius 1 is 1.08 bits per heavy atom. The summed E-state index contributed by atoms with van der Waals surface area (Å²) >= 11 is 0. The fraction of sp³-hybridized carbons (Fsp3) is 0.286. The van der Waals surface area contributed by atoms with E-state index in [1.54, 1.807) is 29.2 Å². The second-order valence-corrected chi connectivity index (χ2v) is 9.36. The van der Waals surface area contributed by atoms with E-state index < -0.39 is 11.7 Å². The van der Waals surface area contributed by atoms with E-state index in [0.29, 0.717) is 47.8 Å². The number of hydrogen-bond donors (Lipinski definition) is 1. The number of fused-ring (bicyclic) bond motifs is 2. The van der Waals surface area contributed by atoms with Crippen LogP contribution in [-0.4, -0.2) is 40.3 Å². The van der Waals surface area contributed by atoms with Gasteiger partial charge < -0.3 is 10.2 Å². The molecule has 2 aromatic carbocycles. The van der Waals surface area contributed by atoms with Crippen molar-refractivity contribution >= 4 is 34.1 Å². The molecule has 2 amide bonds. The number of amides is 2. The van der Waals surface area contributed by atoms with Gasteiger partial charge in [-0.25, -0.2) is 9.78 Å². The van der Waals surface area contributed by atoms with Gasteiger partial charge in [-0.1, -0.05) is 18.2 Å². The van der Waals surface area contributed by atoms with Crippen molar-refractivity contribution < 1.29 is 18.0 Å². The molecule has 0 spiro atoms. The van der Waals surface area contributed by atoms with Gasteiger partial charge in [-0.2, -0.15) is 23.4 Å². The van der Waals surface area contributed by atoms with Crippen LogP contribution in [0, 0.1) is 6.92 Å². The summed E-state index contributed by atoms with van der Waals surface area (Å²) in [5, 5.41) is 12.1. The van der Waals surface area contributed by atoms with Gasteiger partial charge in [0.1, 0.15) is 0 Å². The van der Waals surface area contributed by atoms with Gasteiger partial charge in [0.25, 0.3) is 0 Å². The summed E-state index contributed by atoms with van der Waals surface area (Å²) in [5.41, 5.74) is 2.64. The molecule has 0 saturated heterocycles. The van der Waals surface area contributed by atoms with Crippen LogP contribution in [0.5, 0.6) is 0 Å². The van der Waals surface area contributed by atoms with E-state index in [-0.39, 0.29) is 12.1 Å². The van der Waals surface area contributed by atoms with Crippen LogP contribution in [0.15, 0.2) is 60.7 Å². The third-order valence-corrected chi connectivity index (χ3v) is 6.76. The van der Waals surface area contributed by atoms with Crippen LogP contribution >= 0.6 is 0 Å². The van der Waals surface area contributed by atoms with Crippen LogP contribution in [0.1, 0.15) is 31.5 Å². The normalized spacial score (nSPS) is 15.8. The number of aromatic nitrogens is 3. The molecular formula is C28H27F3N6O. The fourth-order valence-electron chi connectivity index (χ4n) is 4.75. The fourth-order valence-corrected chi connectivity index (χ4v) is 4.75. The van der Waals surface area contributed by atoms with Crippen molar-refractivity contribution in [3.8, 4) is 11.3 Å². The Labute approximate surface area is 218 Å². The highest BCUT2D eigenvalue weighted by Crippen LogP contribution is 2.37. The number of nitrogens with one attached hydrogen (secondary N) is 1. The quantitative estimate of drug-likeness (QED) is 0.326. The first-order valence-corrected chi connectivity index (χ1v) is 12.4. The third kappa shape index (κ3) is 4.85. The van der Waals surface area contributed by atoms with Gasteiger partial charge in [0.2, 0.25) is 0 Å². The molecule has 0 unspecified atom stereocenters. The van der Waals surface area contributed by atoms with E-state index in [2.05, 4.69) is 20.4 Å². The summed E-state index contributed by atoms with van der Waals surface area (Å²) in [6, 6.07) is 15.3. The second kappa shape index (κ2) is 9.92. The smallest absolute Gasteiger partial charge is 0.369 e. The van der Waals surface area contributed by atoms with Gasteiger partial charge in [-0.3, -0.25) is 4.90 Å². The number of aryl methyl sites for hydroxylation is 1. The van der Waals surface area contributed by atoms with Gasteiger partial charge in [-0.15, -0.1) is 0 Å². The minimum Gasteiger partial charge on any atom is -0.369 e. The van der Waals surface area contributed by atoms with E-state index in [9.17, 15) is 18.0 Å². The standard InChI is InChI=1S/C28H27F3N6O/c1-4-36-14-13-18(3)37(27(38)33-23-9-6-10-24-21(23)15-17(2)34-35-24)26-25(36)12-11-22(32-26)19-7-5-8-20(16-19)28(29,30)31/h5-12,15-16,18H,4,13-14H2,1-3H3,(H,33,38)/t18-/m1/s1. The first-order valence-electron chi connectivity index (χ1n) is 12.4. The van der Waals surface area contributed by atoms with Crippen LogP contribution < -0.4 is 15.1 Å². The number of hydrogen-bond acceptors (Lipinski definition) is 5. The molecule has 0 aliphatic carbocycles. The first-order chi connectivity index (χ1) is 18.2. The molecule has 196 valence electrons. The molecule has 0 radical (unpaired) electrons. The highest BCUT2D eigenvalue weighted by Gasteiger charge is 2.33. The number of carbonyl (C=O) groups is 1. The van der Waals surface area contributed by atoms with Crippen molar-refractivity contribution in [3.05, 3.63) is 71.9 Å². The summed E-state index contributed by atoms with van der Waals surface area (Å²) in [6.45, 7) is 7.20. The maximum atomic E-state index is 13.8. The molecule has 2 aromatic heterocycles. The molecule has 10 heteroatoms. The van der Waals surface area contributed by atoms with Crippen molar-refractivity contribution in [2.75, 3.05) is 28.2 Å². The molecule has 1 aliphatic heterocycles. The number of carbonyl (C=O) groups excluding carboxylic acids is 1. The molecule has 0 saturated carbocycles. The minimum atomic E-state index is -4.47. The molecule has 1 aliphatic rings. The Bertz CT molecular complexity index is 1510. The number of alkyl halides is 3. The van der Waals surface area contributed by atoms with Crippen LogP contribution in [0.25, 0.3) is 22.2 Å². The number of pyridine rings is 1. The molecule has 4 aromatic rings. The van der Waals surface area contributed by atoms with Gasteiger partial charge in [0, 0.05) is 30.1 Å². The zero-order valence-electron chi connectivity index (χ0n) is 21.3. The predicted octanol–water partition coefficient (Wildman–Crippen LogP) is 6.68. The van der Waals surface area contributed by atoms with Crippen molar-refractivity contribution in [1.82, 2.24) is 15.2 Å². The minimum absolute atomic E-state index is 0.217. The Kier molecular flexibility index (Phi) is 6.64. The lowest BCUT2D eigenvalue weighted by Gasteiger charge is -2.28.